The predicted octanol–water partition coefficient (Wildman–Crippen LogP) is 2.17. The van der Waals surface area contributed by atoms with E-state index in [0.717, 1.165) is 32.4 Å². The van der Waals surface area contributed by atoms with Crippen LogP contribution in [0.15, 0.2) is 6.20 Å². The second-order valence-electron chi connectivity index (χ2n) is 5.60. The average Bonchev–Trinajstić information content (AvgIpc) is 2.68. The van der Waals surface area contributed by atoms with Gasteiger partial charge in [-0.2, -0.15) is 5.10 Å². The first kappa shape index (κ1) is 13.6. The van der Waals surface area contributed by atoms with E-state index in [1.165, 1.54) is 11.3 Å². The van der Waals surface area contributed by atoms with Gasteiger partial charge in [-0.1, -0.05) is 6.92 Å². The summed E-state index contributed by atoms with van der Waals surface area (Å²) in [5.41, 5.74) is 2.59. The molecule has 2 atom stereocenters. The van der Waals surface area contributed by atoms with Gasteiger partial charge in [0, 0.05) is 37.5 Å². The third kappa shape index (κ3) is 2.93. The fourth-order valence-electron chi connectivity index (χ4n) is 2.52. The molecule has 2 heterocycles. The molecule has 2 rings (SSSR count). The van der Waals surface area contributed by atoms with Crippen molar-refractivity contribution in [3.05, 3.63) is 17.5 Å². The van der Waals surface area contributed by atoms with Crippen LogP contribution in [0.1, 0.15) is 44.4 Å². The summed E-state index contributed by atoms with van der Waals surface area (Å²) in [4.78, 5) is 0. The van der Waals surface area contributed by atoms with E-state index in [0.29, 0.717) is 6.04 Å². The quantitative estimate of drug-likeness (QED) is 0.891. The van der Waals surface area contributed by atoms with Crippen molar-refractivity contribution in [2.45, 2.75) is 58.2 Å². The molecular formula is C14H25N3O. The number of aryl methyl sites for hydroxylation is 1. The molecule has 1 aliphatic rings. The highest BCUT2D eigenvalue weighted by Gasteiger charge is 2.31. The number of hydrogen-bond donors (Lipinski definition) is 1. The van der Waals surface area contributed by atoms with Crippen molar-refractivity contribution >= 4 is 0 Å². The zero-order valence-electron chi connectivity index (χ0n) is 12.0. The molecule has 1 saturated heterocycles. The molecule has 0 aromatic carbocycles. The van der Waals surface area contributed by atoms with Gasteiger partial charge in [-0.3, -0.25) is 4.68 Å². The topological polar surface area (TPSA) is 39.1 Å². The number of nitrogens with one attached hydrogen (secondary N) is 1. The molecule has 1 N–H and O–H groups in total. The molecule has 0 amide bonds. The van der Waals surface area contributed by atoms with Crippen LogP contribution in [0.3, 0.4) is 0 Å². The lowest BCUT2D eigenvalue weighted by Crippen LogP contribution is -2.44. The SMILES string of the molecule is CCC1(C)CC(NCc2cnn(C)c2C)CCO1. The average molecular weight is 251 g/mol. The molecule has 102 valence electrons. The Bertz CT molecular complexity index is 402. The number of ether oxygens (including phenoxy) is 1. The van der Waals surface area contributed by atoms with E-state index in [2.05, 4.69) is 31.2 Å². The molecule has 0 radical (unpaired) electrons. The van der Waals surface area contributed by atoms with Crippen LogP contribution in [-0.2, 0) is 18.3 Å². The van der Waals surface area contributed by atoms with E-state index in [1.807, 2.05) is 17.9 Å². The normalized spacial score (nSPS) is 28.6. The van der Waals surface area contributed by atoms with Crippen molar-refractivity contribution < 1.29 is 4.74 Å². The third-order valence-electron chi connectivity index (χ3n) is 4.26. The molecule has 2 unspecified atom stereocenters. The van der Waals surface area contributed by atoms with Crippen LogP contribution < -0.4 is 5.32 Å². The summed E-state index contributed by atoms with van der Waals surface area (Å²) >= 11 is 0. The largest absolute Gasteiger partial charge is 0.375 e. The fraction of sp³-hybridized carbons (Fsp3) is 0.786. The van der Waals surface area contributed by atoms with Gasteiger partial charge in [0.05, 0.1) is 11.8 Å². The zero-order chi connectivity index (χ0) is 13.2. The lowest BCUT2D eigenvalue weighted by molar-refractivity contribution is -0.0781. The van der Waals surface area contributed by atoms with E-state index in [1.54, 1.807) is 0 Å². The van der Waals surface area contributed by atoms with Crippen molar-refractivity contribution in [1.82, 2.24) is 15.1 Å². The smallest absolute Gasteiger partial charge is 0.0666 e. The van der Waals surface area contributed by atoms with E-state index < -0.39 is 0 Å². The Balaban J connectivity index is 1.89. The summed E-state index contributed by atoms with van der Waals surface area (Å²) in [6.45, 7) is 8.31. The number of hydrogen-bond acceptors (Lipinski definition) is 3. The highest BCUT2D eigenvalue weighted by Crippen LogP contribution is 2.27. The minimum absolute atomic E-state index is 0.0555. The van der Waals surface area contributed by atoms with Crippen LogP contribution >= 0.6 is 0 Å². The Morgan fingerprint density at radius 1 is 1.61 bits per heavy atom. The summed E-state index contributed by atoms with van der Waals surface area (Å²) < 4.78 is 7.80. The van der Waals surface area contributed by atoms with E-state index in [-0.39, 0.29) is 5.60 Å². The monoisotopic (exact) mass is 251 g/mol. The Kier molecular flexibility index (Phi) is 4.07. The lowest BCUT2D eigenvalue weighted by atomic mass is 9.90. The van der Waals surface area contributed by atoms with Gasteiger partial charge in [0.2, 0.25) is 0 Å². The van der Waals surface area contributed by atoms with E-state index in [9.17, 15) is 0 Å². The molecule has 0 spiro atoms. The van der Waals surface area contributed by atoms with Gasteiger partial charge >= 0.3 is 0 Å². The predicted molar refractivity (Wildman–Crippen MR) is 72.5 cm³/mol. The highest BCUT2D eigenvalue weighted by atomic mass is 16.5. The van der Waals surface area contributed by atoms with Crippen molar-refractivity contribution in [3.8, 4) is 0 Å². The van der Waals surface area contributed by atoms with E-state index in [4.69, 9.17) is 4.74 Å². The molecule has 0 bridgehead atoms. The molecular weight excluding hydrogens is 226 g/mol. The zero-order valence-corrected chi connectivity index (χ0v) is 12.0. The summed E-state index contributed by atoms with van der Waals surface area (Å²) in [5, 5.41) is 7.92. The van der Waals surface area contributed by atoms with Crippen molar-refractivity contribution in [2.75, 3.05) is 6.61 Å². The maximum atomic E-state index is 5.87. The van der Waals surface area contributed by atoms with Gasteiger partial charge in [0.1, 0.15) is 0 Å². The molecule has 4 heteroatoms. The Labute approximate surface area is 110 Å². The van der Waals surface area contributed by atoms with Crippen LogP contribution in [0, 0.1) is 6.92 Å². The minimum Gasteiger partial charge on any atom is -0.375 e. The molecule has 1 aliphatic heterocycles. The molecule has 1 aromatic rings. The Morgan fingerprint density at radius 3 is 3.00 bits per heavy atom. The first-order chi connectivity index (χ1) is 8.54. The number of rotatable bonds is 4. The first-order valence-corrected chi connectivity index (χ1v) is 6.89. The van der Waals surface area contributed by atoms with Crippen LogP contribution in [-0.4, -0.2) is 28.0 Å². The Hall–Kier alpha value is -0.870. The minimum atomic E-state index is 0.0555. The van der Waals surface area contributed by atoms with Crippen molar-refractivity contribution in [3.63, 3.8) is 0 Å². The maximum Gasteiger partial charge on any atom is 0.0666 e. The van der Waals surface area contributed by atoms with Gasteiger partial charge < -0.3 is 10.1 Å². The second kappa shape index (κ2) is 5.41. The summed E-state index contributed by atoms with van der Waals surface area (Å²) in [6, 6.07) is 0.559. The first-order valence-electron chi connectivity index (χ1n) is 6.89. The Morgan fingerprint density at radius 2 is 2.39 bits per heavy atom. The summed E-state index contributed by atoms with van der Waals surface area (Å²) in [5.74, 6) is 0. The third-order valence-corrected chi connectivity index (χ3v) is 4.26. The second-order valence-corrected chi connectivity index (χ2v) is 5.60. The maximum absolute atomic E-state index is 5.87. The van der Waals surface area contributed by atoms with Crippen LogP contribution in [0.25, 0.3) is 0 Å². The van der Waals surface area contributed by atoms with Gasteiger partial charge in [-0.25, -0.2) is 0 Å². The molecule has 0 saturated carbocycles. The van der Waals surface area contributed by atoms with Crippen LogP contribution in [0.4, 0.5) is 0 Å². The fourth-order valence-corrected chi connectivity index (χ4v) is 2.52. The molecule has 1 fully saturated rings. The van der Waals surface area contributed by atoms with Gasteiger partial charge in [-0.15, -0.1) is 0 Å². The van der Waals surface area contributed by atoms with Gasteiger partial charge in [0.25, 0.3) is 0 Å². The molecule has 0 aliphatic carbocycles. The molecule has 1 aromatic heterocycles. The summed E-state index contributed by atoms with van der Waals surface area (Å²) in [6.07, 6.45) is 5.25. The standard InChI is InChI=1S/C14H25N3O/c1-5-14(3)8-13(6-7-18-14)15-9-12-10-16-17(4)11(12)2/h10,13,15H,5-9H2,1-4H3. The number of nitrogens with zero attached hydrogens (tertiary/aromatic N) is 2. The van der Waals surface area contributed by atoms with Gasteiger partial charge in [-0.05, 0) is 33.1 Å². The highest BCUT2D eigenvalue weighted by molar-refractivity contribution is 5.15. The van der Waals surface area contributed by atoms with E-state index >= 15 is 0 Å². The molecule has 4 nitrogen and oxygen atoms in total. The van der Waals surface area contributed by atoms with Crippen molar-refractivity contribution in [1.29, 1.82) is 0 Å². The molecule has 18 heavy (non-hydrogen) atoms. The number of aromatic nitrogens is 2. The van der Waals surface area contributed by atoms with Gasteiger partial charge in [0.15, 0.2) is 0 Å². The summed E-state index contributed by atoms with van der Waals surface area (Å²) in [7, 11) is 1.99. The van der Waals surface area contributed by atoms with Crippen LogP contribution in [0.2, 0.25) is 0 Å². The van der Waals surface area contributed by atoms with Crippen molar-refractivity contribution in [2.24, 2.45) is 7.05 Å². The lowest BCUT2D eigenvalue weighted by Gasteiger charge is -2.38. The van der Waals surface area contributed by atoms with Crippen LogP contribution in [0.5, 0.6) is 0 Å².